The number of aldehydes is 1. The normalized spacial score (nSPS) is 22.2. The van der Waals surface area contributed by atoms with Crippen molar-refractivity contribution in [3.8, 4) is 0 Å². The van der Waals surface area contributed by atoms with Crippen LogP contribution >= 0.6 is 0 Å². The Balaban J connectivity index is 2.24. The van der Waals surface area contributed by atoms with E-state index < -0.39 is 4.92 Å². The summed E-state index contributed by atoms with van der Waals surface area (Å²) in [7, 11) is 1.65. The van der Waals surface area contributed by atoms with Crippen LogP contribution in [0.1, 0.15) is 29.6 Å². The van der Waals surface area contributed by atoms with E-state index in [4.69, 9.17) is 4.74 Å². The monoisotopic (exact) mass is 264 g/mol. The Kier molecular flexibility index (Phi) is 4.11. The molecule has 1 aliphatic carbocycles. The van der Waals surface area contributed by atoms with Gasteiger partial charge in [0, 0.05) is 18.7 Å². The summed E-state index contributed by atoms with van der Waals surface area (Å²) in [5.41, 5.74) is 0.655. The second-order valence-electron chi connectivity index (χ2n) is 4.61. The van der Waals surface area contributed by atoms with E-state index in [-0.39, 0.29) is 17.8 Å². The van der Waals surface area contributed by atoms with Gasteiger partial charge in [0.15, 0.2) is 0 Å². The highest BCUT2D eigenvalue weighted by molar-refractivity contribution is 5.79. The van der Waals surface area contributed by atoms with Gasteiger partial charge < -0.3 is 10.1 Å². The van der Waals surface area contributed by atoms with Crippen molar-refractivity contribution < 1.29 is 14.5 Å². The van der Waals surface area contributed by atoms with Gasteiger partial charge in [0.05, 0.1) is 17.1 Å². The standard InChI is InChI=1S/C13H16N2O4/c1-19-13-4-2-3-11(13)14-10-6-5-9(8-16)7-12(10)15(17)18/h5-8,11,13-14H,2-4H2,1H3. The smallest absolute Gasteiger partial charge is 0.293 e. The molecule has 0 amide bonds. The molecule has 0 radical (unpaired) electrons. The van der Waals surface area contributed by atoms with E-state index >= 15 is 0 Å². The summed E-state index contributed by atoms with van der Waals surface area (Å²) in [6.45, 7) is 0. The third kappa shape index (κ3) is 2.90. The van der Waals surface area contributed by atoms with Crippen molar-refractivity contribution in [2.75, 3.05) is 12.4 Å². The predicted octanol–water partition coefficient (Wildman–Crippen LogP) is 2.39. The molecule has 0 saturated heterocycles. The topological polar surface area (TPSA) is 81.5 Å². The van der Waals surface area contributed by atoms with Gasteiger partial charge >= 0.3 is 0 Å². The number of ether oxygens (including phenoxy) is 1. The zero-order valence-corrected chi connectivity index (χ0v) is 10.7. The summed E-state index contributed by atoms with van der Waals surface area (Å²) in [4.78, 5) is 21.2. The van der Waals surface area contributed by atoms with Crippen LogP contribution < -0.4 is 5.32 Å². The molecule has 1 aliphatic rings. The van der Waals surface area contributed by atoms with Crippen LogP contribution in [0.5, 0.6) is 0 Å². The van der Waals surface area contributed by atoms with Crippen LogP contribution in [0.15, 0.2) is 18.2 Å². The van der Waals surface area contributed by atoms with Gasteiger partial charge in [-0.05, 0) is 31.4 Å². The van der Waals surface area contributed by atoms with Crippen molar-refractivity contribution in [2.24, 2.45) is 0 Å². The molecule has 0 bridgehead atoms. The van der Waals surface area contributed by atoms with E-state index in [2.05, 4.69) is 5.32 Å². The fourth-order valence-corrected chi connectivity index (χ4v) is 2.47. The van der Waals surface area contributed by atoms with Crippen molar-refractivity contribution in [3.05, 3.63) is 33.9 Å². The molecule has 0 heterocycles. The predicted molar refractivity (Wildman–Crippen MR) is 70.5 cm³/mol. The van der Waals surface area contributed by atoms with E-state index in [9.17, 15) is 14.9 Å². The summed E-state index contributed by atoms with van der Waals surface area (Å²) in [6, 6.07) is 4.50. The van der Waals surface area contributed by atoms with Crippen LogP contribution in [0.3, 0.4) is 0 Å². The van der Waals surface area contributed by atoms with E-state index in [1.165, 1.54) is 6.07 Å². The number of carbonyl (C=O) groups is 1. The largest absolute Gasteiger partial charge is 0.379 e. The minimum atomic E-state index is -0.480. The lowest BCUT2D eigenvalue weighted by Gasteiger charge is -2.20. The zero-order valence-electron chi connectivity index (χ0n) is 10.7. The van der Waals surface area contributed by atoms with Crippen molar-refractivity contribution in [1.82, 2.24) is 0 Å². The summed E-state index contributed by atoms with van der Waals surface area (Å²) < 4.78 is 5.35. The molecule has 2 rings (SSSR count). The fourth-order valence-electron chi connectivity index (χ4n) is 2.47. The summed E-state index contributed by atoms with van der Waals surface area (Å²) in [5.74, 6) is 0. The van der Waals surface area contributed by atoms with Gasteiger partial charge in [-0.1, -0.05) is 0 Å². The summed E-state index contributed by atoms with van der Waals surface area (Å²) in [6.07, 6.45) is 3.59. The quantitative estimate of drug-likeness (QED) is 0.501. The van der Waals surface area contributed by atoms with Gasteiger partial charge in [-0.25, -0.2) is 0 Å². The molecule has 1 aromatic rings. The highest BCUT2D eigenvalue weighted by Gasteiger charge is 2.28. The number of hydrogen-bond donors (Lipinski definition) is 1. The molecule has 6 nitrogen and oxygen atoms in total. The summed E-state index contributed by atoms with van der Waals surface area (Å²) >= 11 is 0. The van der Waals surface area contributed by atoms with Crippen LogP contribution in [0.4, 0.5) is 11.4 Å². The molecule has 0 spiro atoms. The van der Waals surface area contributed by atoms with Crippen molar-refractivity contribution in [1.29, 1.82) is 0 Å². The first-order valence-electron chi connectivity index (χ1n) is 6.18. The molecule has 1 saturated carbocycles. The number of anilines is 1. The molecule has 19 heavy (non-hydrogen) atoms. The Morgan fingerprint density at radius 1 is 1.47 bits per heavy atom. The molecule has 1 N–H and O–H groups in total. The van der Waals surface area contributed by atoms with Crippen molar-refractivity contribution in [3.63, 3.8) is 0 Å². The summed E-state index contributed by atoms with van der Waals surface area (Å²) in [5, 5.41) is 14.2. The minimum Gasteiger partial charge on any atom is -0.379 e. The molecule has 6 heteroatoms. The van der Waals surface area contributed by atoms with Crippen LogP contribution in [0, 0.1) is 10.1 Å². The van der Waals surface area contributed by atoms with Crippen molar-refractivity contribution >= 4 is 17.7 Å². The van der Waals surface area contributed by atoms with Crippen molar-refractivity contribution in [2.45, 2.75) is 31.4 Å². The molecular weight excluding hydrogens is 248 g/mol. The van der Waals surface area contributed by atoms with Gasteiger partial charge in [-0.2, -0.15) is 0 Å². The molecule has 2 unspecified atom stereocenters. The maximum atomic E-state index is 11.0. The lowest BCUT2D eigenvalue weighted by molar-refractivity contribution is -0.384. The first-order chi connectivity index (χ1) is 9.15. The second-order valence-corrected chi connectivity index (χ2v) is 4.61. The highest BCUT2D eigenvalue weighted by Crippen LogP contribution is 2.30. The number of hydrogen-bond acceptors (Lipinski definition) is 5. The number of methoxy groups -OCH3 is 1. The molecule has 1 fully saturated rings. The first-order valence-corrected chi connectivity index (χ1v) is 6.18. The number of nitrogens with zero attached hydrogens (tertiary/aromatic N) is 1. The Hall–Kier alpha value is -1.95. The average molecular weight is 264 g/mol. The Morgan fingerprint density at radius 2 is 2.26 bits per heavy atom. The third-order valence-electron chi connectivity index (χ3n) is 3.45. The third-order valence-corrected chi connectivity index (χ3v) is 3.45. The maximum absolute atomic E-state index is 11.0. The molecule has 1 aromatic carbocycles. The van der Waals surface area contributed by atoms with Gasteiger partial charge in [0.2, 0.25) is 0 Å². The highest BCUT2D eigenvalue weighted by atomic mass is 16.6. The number of nitro benzene ring substituents is 1. The van der Waals surface area contributed by atoms with E-state index in [1.807, 2.05) is 0 Å². The molecular formula is C13H16N2O4. The number of benzene rings is 1. The number of rotatable bonds is 5. The van der Waals surface area contributed by atoms with E-state index in [1.54, 1.807) is 19.2 Å². The fraction of sp³-hybridized carbons (Fsp3) is 0.462. The van der Waals surface area contributed by atoms with E-state index in [0.717, 1.165) is 19.3 Å². The number of nitrogens with one attached hydrogen (secondary N) is 1. The zero-order chi connectivity index (χ0) is 13.8. The minimum absolute atomic E-state index is 0.0744. The lowest BCUT2D eigenvalue weighted by atomic mass is 10.1. The Morgan fingerprint density at radius 3 is 2.89 bits per heavy atom. The van der Waals surface area contributed by atoms with E-state index in [0.29, 0.717) is 17.5 Å². The Labute approximate surface area is 110 Å². The molecule has 2 atom stereocenters. The second kappa shape index (κ2) is 5.79. The molecule has 102 valence electrons. The SMILES string of the molecule is COC1CCCC1Nc1ccc(C=O)cc1[N+](=O)[O-]. The molecule has 0 aliphatic heterocycles. The van der Waals surface area contributed by atoms with Crippen LogP contribution in [-0.4, -0.2) is 30.5 Å². The number of nitro groups is 1. The average Bonchev–Trinajstić information content (AvgIpc) is 2.86. The van der Waals surface area contributed by atoms with Crippen LogP contribution in [0.25, 0.3) is 0 Å². The van der Waals surface area contributed by atoms with Crippen LogP contribution in [-0.2, 0) is 4.74 Å². The number of carbonyl (C=O) groups excluding carboxylic acids is 1. The first kappa shape index (κ1) is 13.5. The van der Waals surface area contributed by atoms with Gasteiger partial charge in [-0.3, -0.25) is 14.9 Å². The molecule has 0 aromatic heterocycles. The van der Waals surface area contributed by atoms with Gasteiger partial charge in [0.25, 0.3) is 5.69 Å². The van der Waals surface area contributed by atoms with Crippen LogP contribution in [0.2, 0.25) is 0 Å². The Bertz CT molecular complexity index is 490. The van der Waals surface area contributed by atoms with Gasteiger partial charge in [-0.15, -0.1) is 0 Å². The van der Waals surface area contributed by atoms with Gasteiger partial charge in [0.1, 0.15) is 12.0 Å². The lowest BCUT2D eigenvalue weighted by Crippen LogP contribution is -2.30. The maximum Gasteiger partial charge on any atom is 0.293 e.